The average Bonchev–Trinajstić information content (AvgIpc) is 2.17. The van der Waals surface area contributed by atoms with Crippen molar-refractivity contribution in [3.63, 3.8) is 0 Å². The molecule has 1 N–H and O–H groups in total. The number of benzene rings is 1. The minimum Gasteiger partial charge on any atom is -0.391 e. The quantitative estimate of drug-likeness (QED) is 0.779. The zero-order valence-electron chi connectivity index (χ0n) is 7.33. The summed E-state index contributed by atoms with van der Waals surface area (Å²) in [5.41, 5.74) is 0. The molecule has 0 saturated carbocycles. The Morgan fingerprint density at radius 2 is 2.08 bits per heavy atom. The number of hydrogen-bond acceptors (Lipinski definition) is 2. The van der Waals surface area contributed by atoms with Crippen molar-refractivity contribution in [1.29, 1.82) is 0 Å². The summed E-state index contributed by atoms with van der Waals surface area (Å²) in [6.07, 6.45) is 1.90. The van der Waals surface area contributed by atoms with Crippen LogP contribution in [-0.2, 0) is 0 Å². The molecular formula is C10H11ClOS. The second-order valence-corrected chi connectivity index (χ2v) is 4.11. The average molecular weight is 215 g/mol. The van der Waals surface area contributed by atoms with E-state index in [0.29, 0.717) is 0 Å². The molecule has 0 unspecified atom stereocenters. The molecule has 0 radical (unpaired) electrons. The van der Waals surface area contributed by atoms with Gasteiger partial charge in [0.25, 0.3) is 0 Å². The monoisotopic (exact) mass is 214 g/mol. The number of aliphatic hydroxyl groups excluding tert-OH is 1. The fourth-order valence-corrected chi connectivity index (χ4v) is 1.72. The van der Waals surface area contributed by atoms with Crippen LogP contribution < -0.4 is 0 Å². The highest BCUT2D eigenvalue weighted by atomic mass is 35.5. The van der Waals surface area contributed by atoms with Crippen molar-refractivity contribution < 1.29 is 5.11 Å². The lowest BCUT2D eigenvalue weighted by Gasteiger charge is -2.02. The molecule has 0 bridgehead atoms. The van der Waals surface area contributed by atoms with E-state index in [2.05, 4.69) is 0 Å². The summed E-state index contributed by atoms with van der Waals surface area (Å²) in [5.74, 6) is 0. The summed E-state index contributed by atoms with van der Waals surface area (Å²) in [6.45, 7) is 2.00. The van der Waals surface area contributed by atoms with Gasteiger partial charge in [0.1, 0.15) is 0 Å². The fourth-order valence-electron chi connectivity index (χ4n) is 0.837. The lowest BCUT2D eigenvalue weighted by molar-refractivity contribution is 0.339. The highest BCUT2D eigenvalue weighted by molar-refractivity contribution is 8.03. The van der Waals surface area contributed by atoms with E-state index in [0.717, 1.165) is 14.8 Å². The van der Waals surface area contributed by atoms with Crippen LogP contribution in [0.1, 0.15) is 6.92 Å². The molecule has 1 aromatic rings. The van der Waals surface area contributed by atoms with Gasteiger partial charge in [0.2, 0.25) is 0 Å². The third-order valence-corrected chi connectivity index (χ3v) is 2.93. The number of allylic oxidation sites excluding steroid dienone is 1. The van der Waals surface area contributed by atoms with Crippen LogP contribution in [0.2, 0.25) is 5.02 Å². The molecule has 0 aromatic heterocycles. The van der Waals surface area contributed by atoms with Gasteiger partial charge in [0.15, 0.2) is 0 Å². The zero-order chi connectivity index (χ0) is 9.68. The van der Waals surface area contributed by atoms with Crippen molar-refractivity contribution in [3.8, 4) is 0 Å². The van der Waals surface area contributed by atoms with Crippen LogP contribution in [0, 0.1) is 0 Å². The second kappa shape index (κ2) is 5.32. The molecule has 0 aliphatic rings. The molecule has 0 aliphatic heterocycles. The molecule has 3 heteroatoms. The molecule has 13 heavy (non-hydrogen) atoms. The first-order valence-corrected chi connectivity index (χ1v) is 5.15. The van der Waals surface area contributed by atoms with Crippen molar-refractivity contribution >= 4 is 23.4 Å². The molecule has 1 rings (SSSR count). The minimum atomic E-state index is 0.0871. The van der Waals surface area contributed by atoms with Gasteiger partial charge in [-0.15, -0.1) is 0 Å². The van der Waals surface area contributed by atoms with E-state index in [-0.39, 0.29) is 6.61 Å². The van der Waals surface area contributed by atoms with E-state index >= 15 is 0 Å². The predicted molar refractivity (Wildman–Crippen MR) is 58.2 cm³/mol. The van der Waals surface area contributed by atoms with Gasteiger partial charge in [-0.05, 0) is 31.2 Å². The number of hydrogen-bond donors (Lipinski definition) is 1. The van der Waals surface area contributed by atoms with E-state index in [1.807, 2.05) is 37.3 Å². The maximum Gasteiger partial charge on any atom is 0.0740 e. The summed E-state index contributed by atoms with van der Waals surface area (Å²) < 4.78 is 0. The first kappa shape index (κ1) is 10.6. The first-order valence-electron chi connectivity index (χ1n) is 3.95. The van der Waals surface area contributed by atoms with E-state index in [1.54, 1.807) is 11.8 Å². The molecule has 0 atom stereocenters. The Morgan fingerprint density at radius 1 is 1.46 bits per heavy atom. The van der Waals surface area contributed by atoms with Gasteiger partial charge >= 0.3 is 0 Å². The molecule has 1 aromatic carbocycles. The topological polar surface area (TPSA) is 20.2 Å². The molecule has 0 heterocycles. The standard InChI is InChI=1S/C10H11ClOS/c1-2-9(7-12)13-10-5-3-8(11)4-6-10/h2-6,12H,7H2,1H3/b9-2+. The largest absolute Gasteiger partial charge is 0.391 e. The fraction of sp³-hybridized carbons (Fsp3) is 0.200. The Bertz CT molecular complexity index is 292. The molecule has 0 aliphatic carbocycles. The van der Waals surface area contributed by atoms with Gasteiger partial charge in [-0.1, -0.05) is 29.4 Å². The third kappa shape index (κ3) is 3.43. The summed E-state index contributed by atoms with van der Waals surface area (Å²) in [5, 5.41) is 9.66. The molecule has 0 amide bonds. The van der Waals surface area contributed by atoms with E-state index in [4.69, 9.17) is 16.7 Å². The number of aliphatic hydroxyl groups is 1. The van der Waals surface area contributed by atoms with Gasteiger partial charge < -0.3 is 5.11 Å². The Hall–Kier alpha value is -0.440. The van der Waals surface area contributed by atoms with Crippen LogP contribution in [-0.4, -0.2) is 11.7 Å². The van der Waals surface area contributed by atoms with Crippen LogP contribution >= 0.6 is 23.4 Å². The maximum absolute atomic E-state index is 8.93. The molecular weight excluding hydrogens is 204 g/mol. The summed E-state index contributed by atoms with van der Waals surface area (Å²) in [4.78, 5) is 2.04. The Labute approximate surface area is 87.4 Å². The van der Waals surface area contributed by atoms with Crippen LogP contribution in [0.15, 0.2) is 40.1 Å². The Balaban J connectivity index is 2.69. The number of rotatable bonds is 3. The Morgan fingerprint density at radius 3 is 2.54 bits per heavy atom. The van der Waals surface area contributed by atoms with Crippen LogP contribution in [0.4, 0.5) is 0 Å². The van der Waals surface area contributed by atoms with Crippen LogP contribution in [0.3, 0.4) is 0 Å². The van der Waals surface area contributed by atoms with Crippen molar-refractivity contribution in [1.82, 2.24) is 0 Å². The minimum absolute atomic E-state index is 0.0871. The predicted octanol–water partition coefficient (Wildman–Crippen LogP) is 3.33. The molecule has 0 fully saturated rings. The first-order chi connectivity index (χ1) is 6.26. The van der Waals surface area contributed by atoms with Gasteiger partial charge in [0, 0.05) is 14.8 Å². The highest BCUT2D eigenvalue weighted by Crippen LogP contribution is 2.26. The number of halogens is 1. The summed E-state index contributed by atoms with van der Waals surface area (Å²) in [7, 11) is 0. The smallest absolute Gasteiger partial charge is 0.0740 e. The van der Waals surface area contributed by atoms with Crippen molar-refractivity contribution in [2.24, 2.45) is 0 Å². The SMILES string of the molecule is C/C=C(\CO)Sc1ccc(Cl)cc1. The van der Waals surface area contributed by atoms with Gasteiger partial charge in [-0.2, -0.15) is 0 Å². The van der Waals surface area contributed by atoms with Gasteiger partial charge in [0.05, 0.1) is 6.61 Å². The zero-order valence-corrected chi connectivity index (χ0v) is 8.90. The Kier molecular flexibility index (Phi) is 4.36. The summed E-state index contributed by atoms with van der Waals surface area (Å²) in [6, 6.07) is 7.56. The van der Waals surface area contributed by atoms with E-state index < -0.39 is 0 Å². The normalized spacial score (nSPS) is 11.8. The second-order valence-electron chi connectivity index (χ2n) is 2.47. The number of thioether (sulfide) groups is 1. The van der Waals surface area contributed by atoms with E-state index in [9.17, 15) is 0 Å². The third-order valence-electron chi connectivity index (χ3n) is 1.54. The lowest BCUT2D eigenvalue weighted by atomic mass is 10.4. The van der Waals surface area contributed by atoms with E-state index in [1.165, 1.54) is 0 Å². The van der Waals surface area contributed by atoms with Gasteiger partial charge in [-0.25, -0.2) is 0 Å². The highest BCUT2D eigenvalue weighted by Gasteiger charge is 1.97. The van der Waals surface area contributed by atoms with Crippen molar-refractivity contribution in [3.05, 3.63) is 40.3 Å². The molecule has 0 spiro atoms. The summed E-state index contributed by atoms with van der Waals surface area (Å²) >= 11 is 7.29. The van der Waals surface area contributed by atoms with Gasteiger partial charge in [-0.3, -0.25) is 0 Å². The lowest BCUT2D eigenvalue weighted by Crippen LogP contribution is -1.83. The maximum atomic E-state index is 8.93. The molecule has 1 nitrogen and oxygen atoms in total. The molecule has 70 valence electrons. The van der Waals surface area contributed by atoms with Crippen molar-refractivity contribution in [2.75, 3.05) is 6.61 Å². The van der Waals surface area contributed by atoms with Crippen LogP contribution in [0.25, 0.3) is 0 Å². The van der Waals surface area contributed by atoms with Crippen LogP contribution in [0.5, 0.6) is 0 Å². The molecule has 0 saturated heterocycles. The van der Waals surface area contributed by atoms with Crippen molar-refractivity contribution in [2.45, 2.75) is 11.8 Å².